The second-order valence-corrected chi connectivity index (χ2v) is 6.08. The number of ether oxygens (including phenoxy) is 2. The number of methoxy groups -OCH3 is 2. The summed E-state index contributed by atoms with van der Waals surface area (Å²) in [5, 5.41) is 0.870. The Hall–Kier alpha value is -3.41. The first-order chi connectivity index (χ1) is 13.0. The highest BCUT2D eigenvalue weighted by Gasteiger charge is 2.25. The Kier molecular flexibility index (Phi) is 5.35. The molecule has 1 unspecified atom stereocenters. The van der Waals surface area contributed by atoms with Crippen LogP contribution >= 0.6 is 0 Å². The van der Waals surface area contributed by atoms with Crippen molar-refractivity contribution < 1.29 is 23.9 Å². The lowest BCUT2D eigenvalue weighted by molar-refractivity contribution is -0.151. The summed E-state index contributed by atoms with van der Waals surface area (Å²) in [6.07, 6.45) is 1.79. The van der Waals surface area contributed by atoms with Crippen LogP contribution in [0.25, 0.3) is 10.9 Å². The number of Topliss-reactive ketones (excluding diaryl/α,β-unsaturated/α-hetero) is 1. The van der Waals surface area contributed by atoms with Gasteiger partial charge < -0.3 is 14.5 Å². The van der Waals surface area contributed by atoms with Gasteiger partial charge in [-0.1, -0.05) is 36.4 Å². The zero-order chi connectivity index (χ0) is 19.4. The Labute approximate surface area is 156 Å². The lowest BCUT2D eigenvalue weighted by Gasteiger charge is -2.16. The quantitative estimate of drug-likeness (QED) is 0.535. The SMILES string of the molecule is COC(=O)C(=O)CC(c1ccccc1)c1c[nH]c2cc(C(=O)OC)ccc12. The van der Waals surface area contributed by atoms with Crippen molar-refractivity contribution in [1.82, 2.24) is 4.98 Å². The average Bonchev–Trinajstić information content (AvgIpc) is 3.14. The third kappa shape index (κ3) is 3.74. The van der Waals surface area contributed by atoms with Crippen molar-refractivity contribution in [3.05, 3.63) is 71.4 Å². The predicted molar refractivity (Wildman–Crippen MR) is 99.6 cm³/mol. The number of hydrogen-bond acceptors (Lipinski definition) is 5. The van der Waals surface area contributed by atoms with Gasteiger partial charge in [0.15, 0.2) is 0 Å². The molecule has 1 N–H and O–H groups in total. The topological polar surface area (TPSA) is 85.5 Å². The molecule has 0 aliphatic rings. The fraction of sp³-hybridized carbons (Fsp3) is 0.190. The zero-order valence-electron chi connectivity index (χ0n) is 15.0. The van der Waals surface area contributed by atoms with Crippen LogP contribution in [0.1, 0.15) is 33.8 Å². The molecule has 0 saturated heterocycles. The number of rotatable bonds is 6. The highest BCUT2D eigenvalue weighted by Crippen LogP contribution is 2.34. The van der Waals surface area contributed by atoms with E-state index in [-0.39, 0.29) is 12.3 Å². The van der Waals surface area contributed by atoms with Crippen molar-refractivity contribution in [3.63, 3.8) is 0 Å². The number of ketones is 1. The van der Waals surface area contributed by atoms with E-state index in [1.54, 1.807) is 18.3 Å². The van der Waals surface area contributed by atoms with Crippen molar-refractivity contribution in [3.8, 4) is 0 Å². The van der Waals surface area contributed by atoms with E-state index in [1.807, 2.05) is 36.4 Å². The van der Waals surface area contributed by atoms with Crippen molar-refractivity contribution >= 4 is 28.6 Å². The third-order valence-electron chi connectivity index (χ3n) is 4.51. The smallest absolute Gasteiger partial charge is 0.374 e. The van der Waals surface area contributed by atoms with Crippen molar-refractivity contribution in [2.24, 2.45) is 0 Å². The van der Waals surface area contributed by atoms with Gasteiger partial charge in [0.2, 0.25) is 5.78 Å². The Morgan fingerprint density at radius 3 is 2.41 bits per heavy atom. The van der Waals surface area contributed by atoms with E-state index in [0.29, 0.717) is 5.56 Å². The molecule has 1 heterocycles. The maximum Gasteiger partial charge on any atom is 0.374 e. The minimum Gasteiger partial charge on any atom is -0.465 e. The molecule has 1 atom stereocenters. The van der Waals surface area contributed by atoms with Gasteiger partial charge in [-0.2, -0.15) is 0 Å². The number of aromatic nitrogens is 1. The molecular formula is C21H19NO5. The van der Waals surface area contributed by atoms with E-state index in [1.165, 1.54) is 14.2 Å². The number of carbonyl (C=O) groups is 3. The average molecular weight is 365 g/mol. The predicted octanol–water partition coefficient (Wildman–Crippen LogP) is 3.22. The van der Waals surface area contributed by atoms with Crippen LogP contribution in [0.15, 0.2) is 54.7 Å². The van der Waals surface area contributed by atoms with Crippen LogP contribution in [0.3, 0.4) is 0 Å². The largest absolute Gasteiger partial charge is 0.465 e. The number of carbonyl (C=O) groups excluding carboxylic acids is 3. The fourth-order valence-corrected chi connectivity index (χ4v) is 3.16. The van der Waals surface area contributed by atoms with E-state index in [9.17, 15) is 14.4 Å². The first kappa shape index (κ1) is 18.4. The number of benzene rings is 2. The van der Waals surface area contributed by atoms with Crippen LogP contribution in [-0.2, 0) is 19.1 Å². The highest BCUT2D eigenvalue weighted by molar-refractivity contribution is 6.33. The van der Waals surface area contributed by atoms with Crippen LogP contribution in [0, 0.1) is 0 Å². The molecule has 0 radical (unpaired) electrons. The first-order valence-corrected chi connectivity index (χ1v) is 8.40. The number of aromatic amines is 1. The van der Waals surface area contributed by atoms with E-state index < -0.39 is 17.7 Å². The number of nitrogens with one attached hydrogen (secondary N) is 1. The second-order valence-electron chi connectivity index (χ2n) is 6.08. The third-order valence-corrected chi connectivity index (χ3v) is 4.51. The summed E-state index contributed by atoms with van der Waals surface area (Å²) < 4.78 is 9.31. The first-order valence-electron chi connectivity index (χ1n) is 8.40. The summed E-state index contributed by atoms with van der Waals surface area (Å²) in [5.74, 6) is -2.19. The maximum absolute atomic E-state index is 12.2. The normalized spacial score (nSPS) is 11.8. The van der Waals surface area contributed by atoms with Gasteiger partial charge in [0.05, 0.1) is 19.8 Å². The zero-order valence-corrected chi connectivity index (χ0v) is 15.0. The minimum atomic E-state index is -0.858. The molecule has 3 aromatic rings. The number of hydrogen-bond donors (Lipinski definition) is 1. The number of esters is 2. The standard InChI is InChI=1S/C21H19NO5/c1-26-20(24)14-8-9-15-17(12-22-18(15)10-14)16(11-19(23)21(25)27-2)13-6-4-3-5-7-13/h3-10,12,16,22H,11H2,1-2H3. The van der Waals surface area contributed by atoms with Gasteiger partial charge in [-0.05, 0) is 23.3 Å². The van der Waals surface area contributed by atoms with Crippen molar-refractivity contribution in [2.75, 3.05) is 14.2 Å². The van der Waals surface area contributed by atoms with E-state index in [4.69, 9.17) is 4.74 Å². The van der Waals surface area contributed by atoms with Gasteiger partial charge >= 0.3 is 11.9 Å². The van der Waals surface area contributed by atoms with Gasteiger partial charge in [0.25, 0.3) is 0 Å². The van der Waals surface area contributed by atoms with E-state index >= 15 is 0 Å². The van der Waals surface area contributed by atoms with E-state index in [2.05, 4.69) is 9.72 Å². The molecule has 6 nitrogen and oxygen atoms in total. The maximum atomic E-state index is 12.2. The van der Waals surface area contributed by atoms with Crippen molar-refractivity contribution in [2.45, 2.75) is 12.3 Å². The molecule has 0 amide bonds. The molecule has 0 bridgehead atoms. The molecule has 138 valence electrons. The monoisotopic (exact) mass is 365 g/mol. The van der Waals surface area contributed by atoms with Gasteiger partial charge in [0.1, 0.15) is 0 Å². The summed E-state index contributed by atoms with van der Waals surface area (Å²) >= 11 is 0. The molecule has 6 heteroatoms. The second kappa shape index (κ2) is 7.86. The van der Waals surface area contributed by atoms with Crippen LogP contribution in [-0.4, -0.2) is 36.9 Å². The van der Waals surface area contributed by atoms with Crippen LogP contribution in [0.5, 0.6) is 0 Å². The summed E-state index contributed by atoms with van der Waals surface area (Å²) in [5.41, 5.74) is 2.96. The molecular weight excluding hydrogens is 346 g/mol. The fourth-order valence-electron chi connectivity index (χ4n) is 3.16. The van der Waals surface area contributed by atoms with Crippen LogP contribution in [0.4, 0.5) is 0 Å². The molecule has 3 rings (SSSR count). The van der Waals surface area contributed by atoms with Gasteiger partial charge in [-0.25, -0.2) is 9.59 Å². The number of fused-ring (bicyclic) bond motifs is 1. The summed E-state index contributed by atoms with van der Waals surface area (Å²) in [6, 6.07) is 14.7. The Bertz CT molecular complexity index is 990. The summed E-state index contributed by atoms with van der Waals surface area (Å²) in [7, 11) is 2.52. The number of H-pyrrole nitrogens is 1. The molecule has 1 aromatic heterocycles. The molecule has 0 aliphatic carbocycles. The van der Waals surface area contributed by atoms with Gasteiger partial charge in [-0.3, -0.25) is 4.79 Å². The lowest BCUT2D eigenvalue weighted by atomic mass is 9.86. The van der Waals surface area contributed by atoms with Gasteiger partial charge in [0, 0.05) is 29.4 Å². The molecule has 0 spiro atoms. The molecule has 2 aromatic carbocycles. The molecule has 27 heavy (non-hydrogen) atoms. The minimum absolute atomic E-state index is 0.0115. The van der Waals surface area contributed by atoms with Gasteiger partial charge in [-0.15, -0.1) is 0 Å². The molecule has 0 fully saturated rings. The Morgan fingerprint density at radius 1 is 1.00 bits per heavy atom. The van der Waals surface area contributed by atoms with Crippen LogP contribution in [0.2, 0.25) is 0 Å². The summed E-state index contributed by atoms with van der Waals surface area (Å²) in [6.45, 7) is 0. The highest BCUT2D eigenvalue weighted by atomic mass is 16.5. The lowest BCUT2D eigenvalue weighted by Crippen LogP contribution is -2.19. The van der Waals surface area contributed by atoms with Crippen LogP contribution < -0.4 is 0 Å². The molecule has 0 saturated carbocycles. The van der Waals surface area contributed by atoms with Crippen molar-refractivity contribution in [1.29, 1.82) is 0 Å². The Balaban J connectivity index is 2.05. The van der Waals surface area contributed by atoms with E-state index in [0.717, 1.165) is 22.0 Å². The Morgan fingerprint density at radius 2 is 1.74 bits per heavy atom. The summed E-state index contributed by atoms with van der Waals surface area (Å²) in [4.78, 5) is 38.7. The molecule has 0 aliphatic heterocycles.